The van der Waals surface area contributed by atoms with Gasteiger partial charge in [-0.25, -0.2) is 0 Å². The van der Waals surface area contributed by atoms with E-state index in [0.717, 1.165) is 43.6 Å². The van der Waals surface area contributed by atoms with Gasteiger partial charge in [0.25, 0.3) is 0 Å². The second-order valence-electron chi connectivity index (χ2n) is 8.65. The van der Waals surface area contributed by atoms with Crippen LogP contribution in [0.1, 0.15) is 25.0 Å². The molecule has 0 N–H and O–H groups in total. The average molecular weight is 449 g/mol. The van der Waals surface area contributed by atoms with Gasteiger partial charge in [-0.05, 0) is 52.6 Å². The fourth-order valence-electron chi connectivity index (χ4n) is 4.61. The molecule has 5 aromatic rings. The number of hydrogen-bond donors (Lipinski definition) is 0. The topological polar surface area (TPSA) is 52.6 Å². The molecule has 0 radical (unpaired) electrons. The lowest BCUT2D eigenvalue weighted by atomic mass is 9.89. The Labute approximate surface area is 197 Å². The molecule has 0 aliphatic heterocycles. The Morgan fingerprint density at radius 3 is 1.85 bits per heavy atom. The number of hydrogen-bond acceptors (Lipinski definition) is 4. The van der Waals surface area contributed by atoms with Gasteiger partial charge in [0.15, 0.2) is 11.5 Å². The molecule has 0 atom stereocenters. The molecule has 4 nitrogen and oxygen atoms in total. The average Bonchev–Trinajstić information content (AvgIpc) is 2.80. The van der Waals surface area contributed by atoms with Crippen molar-refractivity contribution in [2.45, 2.75) is 27.7 Å². The summed E-state index contributed by atoms with van der Waals surface area (Å²) in [7, 11) is 0. The SMILES string of the molecule is CC(=O)Oc1c(OC(C)=O)c2c3cc(C)ccc3c(-c3ccc(C)cc3)cc2c2ccccc12. The van der Waals surface area contributed by atoms with Crippen molar-refractivity contribution in [3.63, 3.8) is 0 Å². The van der Waals surface area contributed by atoms with Crippen molar-refractivity contribution in [1.82, 2.24) is 0 Å². The maximum atomic E-state index is 12.2. The van der Waals surface area contributed by atoms with Gasteiger partial charge in [0.2, 0.25) is 0 Å². The standard InChI is InChI=1S/C30H24O4/c1-17-9-12-21(13-10-17)25-16-27-22-7-5-6-8-24(22)29(33-19(3)31)30(34-20(4)32)28(27)26-15-18(2)11-14-23(25)26/h5-16H,1-4H3. The lowest BCUT2D eigenvalue weighted by molar-refractivity contribution is -0.134. The van der Waals surface area contributed by atoms with Crippen molar-refractivity contribution in [1.29, 1.82) is 0 Å². The van der Waals surface area contributed by atoms with E-state index in [1.54, 1.807) is 0 Å². The van der Waals surface area contributed by atoms with Gasteiger partial charge in [-0.1, -0.05) is 77.9 Å². The van der Waals surface area contributed by atoms with Crippen LogP contribution in [0.2, 0.25) is 0 Å². The minimum atomic E-state index is -0.478. The van der Waals surface area contributed by atoms with Gasteiger partial charge in [-0.15, -0.1) is 0 Å². The molecule has 0 bridgehead atoms. The first-order chi connectivity index (χ1) is 16.3. The molecule has 0 saturated carbocycles. The number of fused-ring (bicyclic) bond motifs is 5. The molecule has 5 aromatic carbocycles. The second-order valence-corrected chi connectivity index (χ2v) is 8.65. The number of benzene rings is 5. The predicted molar refractivity (Wildman–Crippen MR) is 136 cm³/mol. The maximum absolute atomic E-state index is 12.2. The van der Waals surface area contributed by atoms with E-state index in [9.17, 15) is 9.59 Å². The van der Waals surface area contributed by atoms with Crippen LogP contribution in [0.5, 0.6) is 11.5 Å². The number of carbonyl (C=O) groups is 2. The van der Waals surface area contributed by atoms with Gasteiger partial charge in [-0.2, -0.15) is 0 Å². The molecule has 0 aliphatic rings. The first-order valence-electron chi connectivity index (χ1n) is 11.2. The predicted octanol–water partition coefficient (Wildman–Crippen LogP) is 7.28. The Kier molecular flexibility index (Phi) is 5.29. The fraction of sp³-hybridized carbons (Fsp3) is 0.133. The van der Waals surface area contributed by atoms with Gasteiger partial charge in [-0.3, -0.25) is 9.59 Å². The number of aryl methyl sites for hydroxylation is 2. The highest BCUT2D eigenvalue weighted by Crippen LogP contribution is 2.48. The zero-order valence-electron chi connectivity index (χ0n) is 19.6. The van der Waals surface area contributed by atoms with Gasteiger partial charge in [0, 0.05) is 24.6 Å². The number of ether oxygens (including phenoxy) is 2. The molecule has 0 unspecified atom stereocenters. The summed E-state index contributed by atoms with van der Waals surface area (Å²) in [6.07, 6.45) is 0. The second kappa shape index (κ2) is 8.31. The van der Waals surface area contributed by atoms with E-state index < -0.39 is 11.9 Å². The van der Waals surface area contributed by atoms with E-state index in [2.05, 4.69) is 55.5 Å². The minimum Gasteiger partial charge on any atom is -0.422 e. The van der Waals surface area contributed by atoms with Crippen LogP contribution in [0, 0.1) is 13.8 Å². The van der Waals surface area contributed by atoms with Crippen molar-refractivity contribution in [2.75, 3.05) is 0 Å². The van der Waals surface area contributed by atoms with E-state index in [-0.39, 0.29) is 11.5 Å². The van der Waals surface area contributed by atoms with Crippen molar-refractivity contribution in [3.8, 4) is 22.6 Å². The maximum Gasteiger partial charge on any atom is 0.308 e. The van der Waals surface area contributed by atoms with Crippen LogP contribution in [-0.4, -0.2) is 11.9 Å². The van der Waals surface area contributed by atoms with Crippen molar-refractivity contribution >= 4 is 44.3 Å². The fourth-order valence-corrected chi connectivity index (χ4v) is 4.61. The van der Waals surface area contributed by atoms with Gasteiger partial charge in [0.1, 0.15) is 0 Å². The summed E-state index contributed by atoms with van der Waals surface area (Å²) in [4.78, 5) is 24.2. The van der Waals surface area contributed by atoms with Crippen LogP contribution in [0.25, 0.3) is 43.4 Å². The van der Waals surface area contributed by atoms with Gasteiger partial charge < -0.3 is 9.47 Å². The molecule has 4 heteroatoms. The molecule has 0 heterocycles. The van der Waals surface area contributed by atoms with Crippen LogP contribution in [0.4, 0.5) is 0 Å². The van der Waals surface area contributed by atoms with Crippen LogP contribution < -0.4 is 9.47 Å². The van der Waals surface area contributed by atoms with E-state index in [0.29, 0.717) is 5.39 Å². The lowest BCUT2D eigenvalue weighted by Crippen LogP contribution is -2.08. The molecule has 168 valence electrons. The third-order valence-electron chi connectivity index (χ3n) is 6.04. The number of esters is 2. The highest BCUT2D eigenvalue weighted by atomic mass is 16.6. The summed E-state index contributed by atoms with van der Waals surface area (Å²) in [6, 6.07) is 24.6. The highest BCUT2D eigenvalue weighted by Gasteiger charge is 2.23. The van der Waals surface area contributed by atoms with Crippen LogP contribution in [0.3, 0.4) is 0 Å². The smallest absolute Gasteiger partial charge is 0.308 e. The Morgan fingerprint density at radius 2 is 1.18 bits per heavy atom. The van der Waals surface area contributed by atoms with Crippen LogP contribution >= 0.6 is 0 Å². The van der Waals surface area contributed by atoms with E-state index >= 15 is 0 Å². The molecule has 34 heavy (non-hydrogen) atoms. The number of rotatable bonds is 3. The normalized spacial score (nSPS) is 11.2. The number of carbonyl (C=O) groups excluding carboxylic acids is 2. The molecular weight excluding hydrogens is 424 g/mol. The zero-order chi connectivity index (χ0) is 24.0. The Balaban J connectivity index is 2.04. The monoisotopic (exact) mass is 448 g/mol. The molecule has 0 aliphatic carbocycles. The van der Waals surface area contributed by atoms with E-state index in [4.69, 9.17) is 9.47 Å². The third-order valence-corrected chi connectivity index (χ3v) is 6.04. The molecule has 0 fully saturated rings. The van der Waals surface area contributed by atoms with E-state index in [1.165, 1.54) is 19.4 Å². The molecule has 0 aromatic heterocycles. The van der Waals surface area contributed by atoms with Crippen molar-refractivity contribution < 1.29 is 19.1 Å². The van der Waals surface area contributed by atoms with Crippen molar-refractivity contribution in [2.24, 2.45) is 0 Å². The van der Waals surface area contributed by atoms with E-state index in [1.807, 2.05) is 31.2 Å². The van der Waals surface area contributed by atoms with Crippen LogP contribution in [-0.2, 0) is 9.59 Å². The molecule has 0 amide bonds. The van der Waals surface area contributed by atoms with Crippen molar-refractivity contribution in [3.05, 3.63) is 83.9 Å². The largest absolute Gasteiger partial charge is 0.422 e. The summed E-state index contributed by atoms with van der Waals surface area (Å²) >= 11 is 0. The Hall–Kier alpha value is -4.18. The van der Waals surface area contributed by atoms with Gasteiger partial charge >= 0.3 is 11.9 Å². The summed E-state index contributed by atoms with van der Waals surface area (Å²) in [5.74, 6) is -0.429. The third kappa shape index (κ3) is 3.67. The first-order valence-corrected chi connectivity index (χ1v) is 11.2. The molecule has 5 rings (SSSR count). The summed E-state index contributed by atoms with van der Waals surface area (Å²) in [6.45, 7) is 6.80. The zero-order valence-corrected chi connectivity index (χ0v) is 19.6. The summed E-state index contributed by atoms with van der Waals surface area (Å²) in [5.41, 5.74) is 4.45. The molecule has 0 spiro atoms. The molecular formula is C30H24O4. The minimum absolute atomic E-state index is 0.261. The van der Waals surface area contributed by atoms with Crippen LogP contribution in [0.15, 0.2) is 72.8 Å². The quantitative estimate of drug-likeness (QED) is 0.165. The summed E-state index contributed by atoms with van der Waals surface area (Å²) in [5, 5.41) is 5.27. The van der Waals surface area contributed by atoms with Gasteiger partial charge in [0.05, 0.1) is 0 Å². The first kappa shape index (κ1) is 21.7. The lowest BCUT2D eigenvalue weighted by Gasteiger charge is -2.19. The Bertz CT molecular complexity index is 1610. The molecule has 0 saturated heterocycles. The Morgan fingerprint density at radius 1 is 0.588 bits per heavy atom. The summed E-state index contributed by atoms with van der Waals surface area (Å²) < 4.78 is 11.4. The highest BCUT2D eigenvalue weighted by molar-refractivity contribution is 6.25.